The molecule has 0 spiro atoms. The van der Waals surface area contributed by atoms with Crippen LogP contribution in [0.15, 0.2) is 48.7 Å². The van der Waals surface area contributed by atoms with Crippen LogP contribution >= 0.6 is 0 Å². The highest BCUT2D eigenvalue weighted by atomic mass is 15.1. The van der Waals surface area contributed by atoms with Crippen LogP contribution in [0, 0.1) is 0 Å². The molecule has 94 valence electrons. The predicted molar refractivity (Wildman–Crippen MR) is 73.7 cm³/mol. The highest BCUT2D eigenvalue weighted by molar-refractivity contribution is 5.26. The Hall–Kier alpha value is -1.71. The quantitative estimate of drug-likeness (QED) is 0.872. The summed E-state index contributed by atoms with van der Waals surface area (Å²) in [5, 5.41) is 0. The van der Waals surface area contributed by atoms with Gasteiger partial charge in [-0.15, -0.1) is 0 Å². The molecule has 0 aliphatic heterocycles. The van der Waals surface area contributed by atoms with Crippen molar-refractivity contribution in [1.29, 1.82) is 0 Å². The molecule has 3 heteroatoms. The number of benzene rings is 1. The van der Waals surface area contributed by atoms with Crippen molar-refractivity contribution in [3.8, 4) is 0 Å². The van der Waals surface area contributed by atoms with Crippen molar-refractivity contribution in [2.75, 3.05) is 7.05 Å². The summed E-state index contributed by atoms with van der Waals surface area (Å²) in [6.07, 6.45) is 1.83. The first-order chi connectivity index (χ1) is 8.79. The average Bonchev–Trinajstić information content (AvgIpc) is 2.40. The molecule has 0 fully saturated rings. The topological polar surface area (TPSA) is 42.2 Å². The largest absolute Gasteiger partial charge is 0.326 e. The van der Waals surface area contributed by atoms with Crippen molar-refractivity contribution in [3.05, 3.63) is 65.5 Å². The zero-order valence-electron chi connectivity index (χ0n) is 10.7. The molecule has 0 radical (unpaired) electrons. The van der Waals surface area contributed by atoms with Gasteiger partial charge in [-0.1, -0.05) is 30.3 Å². The van der Waals surface area contributed by atoms with E-state index in [1.54, 1.807) is 0 Å². The standard InChI is InChI=1S/C15H19N3/c1-18(12-15-8-4-5-9-17-15)11-14-7-3-2-6-13(14)10-16/h2-9H,10-12,16H2,1H3. The van der Waals surface area contributed by atoms with Crippen LogP contribution in [0.25, 0.3) is 0 Å². The molecule has 2 rings (SSSR count). The molecule has 0 bridgehead atoms. The van der Waals surface area contributed by atoms with Gasteiger partial charge >= 0.3 is 0 Å². The molecule has 0 saturated heterocycles. The second-order valence-electron chi connectivity index (χ2n) is 4.47. The van der Waals surface area contributed by atoms with E-state index < -0.39 is 0 Å². The Labute approximate surface area is 108 Å². The van der Waals surface area contributed by atoms with Gasteiger partial charge in [0.25, 0.3) is 0 Å². The minimum absolute atomic E-state index is 0.591. The molecule has 1 heterocycles. The summed E-state index contributed by atoms with van der Waals surface area (Å²) in [6, 6.07) is 14.3. The number of nitrogens with zero attached hydrogens (tertiary/aromatic N) is 2. The SMILES string of the molecule is CN(Cc1ccccn1)Cc1ccccc1CN. The fourth-order valence-electron chi connectivity index (χ4n) is 2.03. The summed E-state index contributed by atoms with van der Waals surface area (Å²) < 4.78 is 0. The number of hydrogen-bond acceptors (Lipinski definition) is 3. The summed E-state index contributed by atoms with van der Waals surface area (Å²) in [5.74, 6) is 0. The lowest BCUT2D eigenvalue weighted by Crippen LogP contribution is -2.19. The van der Waals surface area contributed by atoms with Gasteiger partial charge < -0.3 is 5.73 Å². The van der Waals surface area contributed by atoms with Crippen LogP contribution in [0.5, 0.6) is 0 Å². The zero-order chi connectivity index (χ0) is 12.8. The number of hydrogen-bond donors (Lipinski definition) is 1. The van der Waals surface area contributed by atoms with E-state index in [1.807, 2.05) is 30.5 Å². The third kappa shape index (κ3) is 3.39. The van der Waals surface area contributed by atoms with Crippen LogP contribution in [0.1, 0.15) is 16.8 Å². The molecular weight excluding hydrogens is 222 g/mol. The molecule has 0 aliphatic carbocycles. The van der Waals surface area contributed by atoms with Gasteiger partial charge in [0, 0.05) is 25.8 Å². The first-order valence-electron chi connectivity index (χ1n) is 6.15. The predicted octanol–water partition coefficient (Wildman–Crippen LogP) is 2.17. The molecule has 1 aromatic heterocycles. The minimum atomic E-state index is 0.591. The molecule has 2 aromatic rings. The maximum absolute atomic E-state index is 5.75. The summed E-state index contributed by atoms with van der Waals surface area (Å²) in [4.78, 5) is 6.58. The van der Waals surface area contributed by atoms with Crippen molar-refractivity contribution in [2.45, 2.75) is 19.6 Å². The van der Waals surface area contributed by atoms with Gasteiger partial charge in [-0.05, 0) is 30.3 Å². The average molecular weight is 241 g/mol. The highest BCUT2D eigenvalue weighted by Gasteiger charge is 2.05. The Morgan fingerprint density at radius 1 is 1.00 bits per heavy atom. The summed E-state index contributed by atoms with van der Waals surface area (Å²) in [7, 11) is 2.10. The molecule has 0 unspecified atom stereocenters. The lowest BCUT2D eigenvalue weighted by atomic mass is 10.1. The minimum Gasteiger partial charge on any atom is -0.326 e. The monoisotopic (exact) mass is 241 g/mol. The van der Waals surface area contributed by atoms with Crippen LogP contribution in [-0.2, 0) is 19.6 Å². The molecular formula is C15H19N3. The van der Waals surface area contributed by atoms with Gasteiger partial charge in [0.05, 0.1) is 5.69 Å². The first-order valence-corrected chi connectivity index (χ1v) is 6.15. The van der Waals surface area contributed by atoms with Crippen molar-refractivity contribution < 1.29 is 0 Å². The van der Waals surface area contributed by atoms with E-state index in [9.17, 15) is 0 Å². The molecule has 0 atom stereocenters. The van der Waals surface area contributed by atoms with Crippen molar-refractivity contribution in [1.82, 2.24) is 9.88 Å². The normalized spacial score (nSPS) is 10.8. The zero-order valence-corrected chi connectivity index (χ0v) is 10.7. The van der Waals surface area contributed by atoms with E-state index in [4.69, 9.17) is 5.73 Å². The van der Waals surface area contributed by atoms with Gasteiger partial charge in [-0.25, -0.2) is 0 Å². The lowest BCUT2D eigenvalue weighted by molar-refractivity contribution is 0.314. The van der Waals surface area contributed by atoms with E-state index >= 15 is 0 Å². The number of aromatic nitrogens is 1. The number of rotatable bonds is 5. The lowest BCUT2D eigenvalue weighted by Gasteiger charge is -2.18. The number of nitrogens with two attached hydrogens (primary N) is 1. The highest BCUT2D eigenvalue weighted by Crippen LogP contribution is 2.11. The van der Waals surface area contributed by atoms with E-state index in [1.165, 1.54) is 11.1 Å². The Morgan fingerprint density at radius 2 is 1.72 bits per heavy atom. The molecule has 2 N–H and O–H groups in total. The van der Waals surface area contributed by atoms with Gasteiger partial charge in [0.1, 0.15) is 0 Å². The van der Waals surface area contributed by atoms with Crippen molar-refractivity contribution in [2.24, 2.45) is 5.73 Å². The smallest absolute Gasteiger partial charge is 0.0543 e. The van der Waals surface area contributed by atoms with Gasteiger partial charge in [0.15, 0.2) is 0 Å². The second kappa shape index (κ2) is 6.28. The van der Waals surface area contributed by atoms with Gasteiger partial charge in [0.2, 0.25) is 0 Å². The van der Waals surface area contributed by atoms with Crippen LogP contribution in [-0.4, -0.2) is 16.9 Å². The summed E-state index contributed by atoms with van der Waals surface area (Å²) >= 11 is 0. The van der Waals surface area contributed by atoms with Crippen LogP contribution < -0.4 is 5.73 Å². The fraction of sp³-hybridized carbons (Fsp3) is 0.267. The molecule has 0 saturated carbocycles. The molecule has 18 heavy (non-hydrogen) atoms. The Kier molecular flexibility index (Phi) is 4.45. The van der Waals surface area contributed by atoms with Crippen LogP contribution in [0.4, 0.5) is 0 Å². The van der Waals surface area contributed by atoms with Crippen LogP contribution in [0.3, 0.4) is 0 Å². The fourth-order valence-corrected chi connectivity index (χ4v) is 2.03. The van der Waals surface area contributed by atoms with Gasteiger partial charge in [-0.2, -0.15) is 0 Å². The summed E-state index contributed by atoms with van der Waals surface area (Å²) in [5.41, 5.74) is 9.34. The van der Waals surface area contributed by atoms with E-state index in [0.29, 0.717) is 6.54 Å². The molecule has 0 amide bonds. The van der Waals surface area contributed by atoms with E-state index in [2.05, 4.69) is 35.1 Å². The Balaban J connectivity index is 2.01. The molecule has 0 aliphatic rings. The van der Waals surface area contributed by atoms with E-state index in [0.717, 1.165) is 18.8 Å². The third-order valence-electron chi connectivity index (χ3n) is 2.94. The first kappa shape index (κ1) is 12.7. The Morgan fingerprint density at radius 3 is 2.39 bits per heavy atom. The number of pyridine rings is 1. The molecule has 1 aromatic carbocycles. The maximum atomic E-state index is 5.75. The van der Waals surface area contributed by atoms with Crippen molar-refractivity contribution >= 4 is 0 Å². The second-order valence-corrected chi connectivity index (χ2v) is 4.47. The Bertz CT molecular complexity index is 482. The summed E-state index contributed by atoms with van der Waals surface area (Å²) in [6.45, 7) is 2.33. The van der Waals surface area contributed by atoms with Gasteiger partial charge in [-0.3, -0.25) is 9.88 Å². The molecule has 3 nitrogen and oxygen atoms in total. The maximum Gasteiger partial charge on any atom is 0.0543 e. The third-order valence-corrected chi connectivity index (χ3v) is 2.94. The van der Waals surface area contributed by atoms with E-state index in [-0.39, 0.29) is 0 Å². The van der Waals surface area contributed by atoms with Crippen LogP contribution in [0.2, 0.25) is 0 Å². The van der Waals surface area contributed by atoms with Crippen molar-refractivity contribution in [3.63, 3.8) is 0 Å².